The topological polar surface area (TPSA) is 38.3 Å². The van der Waals surface area contributed by atoms with Crippen LogP contribution in [0.1, 0.15) is 0 Å². The van der Waals surface area contributed by atoms with Crippen molar-refractivity contribution < 1.29 is 9.53 Å². The number of nitrogens with one attached hydrogen (secondary N) is 1. The van der Waals surface area contributed by atoms with Gasteiger partial charge in [-0.3, -0.25) is 4.79 Å². The molecule has 1 aliphatic rings. The van der Waals surface area contributed by atoms with Crippen LogP contribution < -0.4 is 5.32 Å². The van der Waals surface area contributed by atoms with Crippen LogP contribution in [0.15, 0.2) is 0 Å². The van der Waals surface area contributed by atoms with E-state index < -0.39 is 0 Å². The molecule has 3 nitrogen and oxygen atoms in total. The lowest BCUT2D eigenvalue weighted by atomic mass is 10.3. The van der Waals surface area contributed by atoms with Crippen LogP contribution in [0.25, 0.3) is 0 Å². The third-order valence-electron chi connectivity index (χ3n) is 1.09. The van der Waals surface area contributed by atoms with Gasteiger partial charge in [-0.15, -0.1) is 6.42 Å². The molecule has 0 spiro atoms. The number of ether oxygens (including phenoxy) is 1. The van der Waals surface area contributed by atoms with Crippen molar-refractivity contribution in [1.82, 2.24) is 5.32 Å². The largest absolute Gasteiger partial charge is 0.354 e. The first-order chi connectivity index (χ1) is 4.33. The maximum absolute atomic E-state index is 10.4. The highest BCUT2D eigenvalue weighted by Crippen LogP contribution is 1.92. The Bertz CT molecular complexity index is 149. The summed E-state index contributed by atoms with van der Waals surface area (Å²) in [6.07, 6.45) is 4.79. The summed E-state index contributed by atoms with van der Waals surface area (Å²) < 4.78 is 4.89. The van der Waals surface area contributed by atoms with Crippen LogP contribution in [0, 0.1) is 12.3 Å². The second-order valence-electron chi connectivity index (χ2n) is 1.77. The second-order valence-corrected chi connectivity index (χ2v) is 1.77. The van der Waals surface area contributed by atoms with Crippen LogP contribution in [-0.2, 0) is 9.53 Å². The molecular formula is C6H7NO2. The minimum atomic E-state index is -0.234. The number of hydrogen-bond donors (Lipinski definition) is 1. The van der Waals surface area contributed by atoms with Crippen molar-refractivity contribution in [2.75, 3.05) is 13.2 Å². The summed E-state index contributed by atoms with van der Waals surface area (Å²) in [5, 5.41) is 2.58. The van der Waals surface area contributed by atoms with E-state index in [4.69, 9.17) is 11.2 Å². The van der Waals surface area contributed by atoms with E-state index >= 15 is 0 Å². The van der Waals surface area contributed by atoms with E-state index in [2.05, 4.69) is 11.2 Å². The predicted octanol–water partition coefficient (Wildman–Crippen LogP) is -0.865. The van der Waals surface area contributed by atoms with Crippen molar-refractivity contribution in [1.29, 1.82) is 0 Å². The number of morpholine rings is 1. The third kappa shape index (κ3) is 1.44. The highest BCUT2D eigenvalue weighted by Gasteiger charge is 2.14. The van der Waals surface area contributed by atoms with E-state index in [9.17, 15) is 4.79 Å². The zero-order valence-corrected chi connectivity index (χ0v) is 4.89. The molecule has 1 aliphatic heterocycles. The minimum absolute atomic E-state index is 0.0921. The number of amides is 1. The average Bonchev–Trinajstić information content (AvgIpc) is 1.90. The molecule has 1 unspecified atom stereocenters. The Labute approximate surface area is 53.4 Å². The lowest BCUT2D eigenvalue weighted by Gasteiger charge is -2.17. The number of carbonyl (C=O) groups excluding carboxylic acids is 1. The van der Waals surface area contributed by atoms with E-state index in [-0.39, 0.29) is 18.6 Å². The van der Waals surface area contributed by atoms with Gasteiger partial charge < -0.3 is 10.1 Å². The smallest absolute Gasteiger partial charge is 0.246 e. The van der Waals surface area contributed by atoms with Crippen LogP contribution in [0.5, 0.6) is 0 Å². The number of carbonyl (C=O) groups is 1. The molecule has 0 aromatic carbocycles. The van der Waals surface area contributed by atoms with Gasteiger partial charge in [-0.25, -0.2) is 0 Å². The normalized spacial score (nSPS) is 26.6. The highest BCUT2D eigenvalue weighted by molar-refractivity contribution is 5.77. The molecule has 1 fully saturated rings. The maximum atomic E-state index is 10.4. The Hall–Kier alpha value is -1.01. The summed E-state index contributed by atoms with van der Waals surface area (Å²) in [5.41, 5.74) is 0. The Morgan fingerprint density at radius 2 is 2.67 bits per heavy atom. The van der Waals surface area contributed by atoms with Crippen LogP contribution in [0.3, 0.4) is 0 Å². The Kier molecular flexibility index (Phi) is 1.71. The van der Waals surface area contributed by atoms with Crippen molar-refractivity contribution in [3.8, 4) is 12.3 Å². The zero-order valence-electron chi connectivity index (χ0n) is 4.89. The first-order valence-electron chi connectivity index (χ1n) is 2.67. The lowest BCUT2D eigenvalue weighted by Crippen LogP contribution is -2.42. The van der Waals surface area contributed by atoms with Gasteiger partial charge in [-0.2, -0.15) is 0 Å². The third-order valence-corrected chi connectivity index (χ3v) is 1.09. The number of terminal acetylenes is 1. The molecule has 1 rings (SSSR count). The molecule has 0 radical (unpaired) electrons. The average molecular weight is 125 g/mol. The second kappa shape index (κ2) is 2.51. The quantitative estimate of drug-likeness (QED) is 0.427. The van der Waals surface area contributed by atoms with Gasteiger partial charge in [0, 0.05) is 0 Å². The fourth-order valence-electron chi connectivity index (χ4n) is 0.600. The van der Waals surface area contributed by atoms with Gasteiger partial charge in [0.1, 0.15) is 12.7 Å². The van der Waals surface area contributed by atoms with Crippen molar-refractivity contribution in [2.45, 2.75) is 6.10 Å². The van der Waals surface area contributed by atoms with Gasteiger partial charge in [0.25, 0.3) is 0 Å². The molecule has 0 saturated carbocycles. The first-order valence-corrected chi connectivity index (χ1v) is 2.67. The monoisotopic (exact) mass is 125 g/mol. The standard InChI is InChI=1S/C6H7NO2/c1-2-5-3-7-6(8)4-9-5/h1,5H,3-4H2,(H,7,8). The molecule has 1 amide bonds. The van der Waals surface area contributed by atoms with Gasteiger partial charge in [0.15, 0.2) is 0 Å². The summed E-state index contributed by atoms with van der Waals surface area (Å²) in [7, 11) is 0. The summed E-state index contributed by atoms with van der Waals surface area (Å²) in [4.78, 5) is 10.4. The van der Waals surface area contributed by atoms with E-state index in [1.165, 1.54) is 0 Å². The lowest BCUT2D eigenvalue weighted by molar-refractivity contribution is -0.131. The molecule has 0 aromatic heterocycles. The van der Waals surface area contributed by atoms with Crippen LogP contribution in [0.4, 0.5) is 0 Å². The Morgan fingerprint density at radius 3 is 3.11 bits per heavy atom. The van der Waals surface area contributed by atoms with Gasteiger partial charge in [-0.1, -0.05) is 5.92 Å². The molecule has 0 bridgehead atoms. The Balaban J connectivity index is 2.37. The fourth-order valence-corrected chi connectivity index (χ4v) is 0.600. The predicted molar refractivity (Wildman–Crippen MR) is 31.6 cm³/mol. The molecule has 9 heavy (non-hydrogen) atoms. The van der Waals surface area contributed by atoms with E-state index in [1.807, 2.05) is 0 Å². The van der Waals surface area contributed by atoms with Crippen LogP contribution in [-0.4, -0.2) is 25.2 Å². The van der Waals surface area contributed by atoms with Gasteiger partial charge in [0.05, 0.1) is 6.54 Å². The zero-order chi connectivity index (χ0) is 6.69. The molecule has 3 heteroatoms. The molecule has 1 N–H and O–H groups in total. The summed E-state index contributed by atoms with van der Waals surface area (Å²) >= 11 is 0. The number of rotatable bonds is 0. The van der Waals surface area contributed by atoms with Crippen LogP contribution >= 0.6 is 0 Å². The summed E-state index contributed by atoms with van der Waals surface area (Å²) in [6, 6.07) is 0. The Morgan fingerprint density at radius 1 is 1.89 bits per heavy atom. The molecule has 1 saturated heterocycles. The maximum Gasteiger partial charge on any atom is 0.246 e. The summed E-state index contributed by atoms with van der Waals surface area (Å²) in [5.74, 6) is 2.29. The minimum Gasteiger partial charge on any atom is -0.354 e. The van der Waals surface area contributed by atoms with Gasteiger partial charge in [-0.05, 0) is 0 Å². The van der Waals surface area contributed by atoms with Crippen molar-refractivity contribution in [3.05, 3.63) is 0 Å². The summed E-state index contributed by atoms with van der Waals surface area (Å²) in [6.45, 7) is 0.532. The van der Waals surface area contributed by atoms with Crippen molar-refractivity contribution >= 4 is 5.91 Å². The molecule has 1 atom stereocenters. The molecular weight excluding hydrogens is 118 g/mol. The first kappa shape index (κ1) is 6.12. The molecule has 0 aromatic rings. The van der Waals surface area contributed by atoms with E-state index in [0.717, 1.165) is 0 Å². The number of hydrogen-bond acceptors (Lipinski definition) is 2. The van der Waals surface area contributed by atoms with Gasteiger partial charge >= 0.3 is 0 Å². The molecule has 1 heterocycles. The van der Waals surface area contributed by atoms with Crippen molar-refractivity contribution in [3.63, 3.8) is 0 Å². The molecule has 0 aliphatic carbocycles. The van der Waals surface area contributed by atoms with E-state index in [1.54, 1.807) is 0 Å². The SMILES string of the molecule is C#CC1CNC(=O)CO1. The van der Waals surface area contributed by atoms with Crippen molar-refractivity contribution in [2.24, 2.45) is 0 Å². The van der Waals surface area contributed by atoms with E-state index in [0.29, 0.717) is 6.54 Å². The van der Waals surface area contributed by atoms with Crippen LogP contribution in [0.2, 0.25) is 0 Å². The molecule has 48 valence electrons. The highest BCUT2D eigenvalue weighted by atomic mass is 16.5. The van der Waals surface area contributed by atoms with Gasteiger partial charge in [0.2, 0.25) is 5.91 Å². The fraction of sp³-hybridized carbons (Fsp3) is 0.500.